The molecule has 1 rings (SSSR count). The van der Waals surface area contributed by atoms with Crippen LogP contribution in [0, 0.1) is 10.1 Å². The predicted octanol–water partition coefficient (Wildman–Crippen LogP) is 1.22. The van der Waals surface area contributed by atoms with Crippen LogP contribution < -0.4 is 0 Å². The van der Waals surface area contributed by atoms with Crippen molar-refractivity contribution < 1.29 is 5.03 Å². The zero-order valence-electron chi connectivity index (χ0n) is 7.31. The summed E-state index contributed by atoms with van der Waals surface area (Å²) in [5.74, 6) is 0. The Hall–Kier alpha value is -1.39. The molecule has 0 aromatic carbocycles. The van der Waals surface area contributed by atoms with Gasteiger partial charge in [0.05, 0.1) is 5.03 Å². The highest BCUT2D eigenvalue weighted by molar-refractivity contribution is 5.09. The van der Waals surface area contributed by atoms with E-state index in [9.17, 15) is 10.1 Å². The minimum absolute atomic E-state index is 0.138. The van der Waals surface area contributed by atoms with Crippen molar-refractivity contribution in [1.29, 1.82) is 0 Å². The van der Waals surface area contributed by atoms with Crippen LogP contribution in [0.1, 0.15) is 26.5 Å². The van der Waals surface area contributed by atoms with Gasteiger partial charge >= 0.3 is 0 Å². The second kappa shape index (κ2) is 2.58. The molecule has 0 N–H and O–H groups in total. The molecule has 0 atom stereocenters. The maximum Gasteiger partial charge on any atom is 0.185 e. The Morgan fingerprint density at radius 2 is 2.17 bits per heavy atom. The van der Waals surface area contributed by atoms with E-state index in [0.29, 0.717) is 0 Å². The molecule has 0 unspecified atom stereocenters. The molecule has 0 fully saturated rings. The van der Waals surface area contributed by atoms with Crippen molar-refractivity contribution in [1.82, 2.24) is 9.89 Å². The summed E-state index contributed by atoms with van der Waals surface area (Å²) in [6, 6.07) is 1.66. The first kappa shape index (κ1) is 8.70. The van der Waals surface area contributed by atoms with Crippen molar-refractivity contribution in [3.63, 3.8) is 0 Å². The number of hydrogen-bond acceptors (Lipinski definition) is 3. The molecule has 0 aliphatic carbocycles. The molecule has 0 saturated heterocycles. The normalized spacial score (nSPS) is 11.6. The molecule has 66 valence electrons. The molecule has 1 aromatic rings. The van der Waals surface area contributed by atoms with Crippen LogP contribution in [-0.2, 0) is 5.41 Å². The van der Waals surface area contributed by atoms with Crippen LogP contribution >= 0.6 is 0 Å². The average molecular weight is 169 g/mol. The lowest BCUT2D eigenvalue weighted by Gasteiger charge is -2.09. The smallest absolute Gasteiger partial charge is 0.185 e. The summed E-state index contributed by atoms with van der Waals surface area (Å²) in [6.07, 6.45) is 1.35. The van der Waals surface area contributed by atoms with Gasteiger partial charge in [-0.25, -0.2) is 0 Å². The molecule has 1 aromatic heterocycles. The van der Waals surface area contributed by atoms with Gasteiger partial charge in [0, 0.05) is 21.4 Å². The Labute approximate surface area is 70.1 Å². The highest BCUT2D eigenvalue weighted by Gasteiger charge is 2.22. The molecule has 0 bridgehead atoms. The maximum absolute atomic E-state index is 10.2. The number of nitrogens with zero attached hydrogens (tertiary/aromatic N) is 3. The summed E-state index contributed by atoms with van der Waals surface area (Å²) in [4.78, 5) is 11.0. The van der Waals surface area contributed by atoms with Gasteiger partial charge < -0.3 is 10.1 Å². The lowest BCUT2D eigenvalue weighted by molar-refractivity contribution is -0.552. The standard InChI is InChI=1S/C7H11N3O2/c1-7(2,3)6-4-5-9(8-6)10(11)12/h4-5H,1-3H3. The van der Waals surface area contributed by atoms with Gasteiger partial charge in [0.2, 0.25) is 0 Å². The average Bonchev–Trinajstić information content (AvgIpc) is 2.30. The van der Waals surface area contributed by atoms with E-state index in [-0.39, 0.29) is 5.41 Å². The van der Waals surface area contributed by atoms with Crippen LogP contribution in [0.4, 0.5) is 0 Å². The predicted molar refractivity (Wildman–Crippen MR) is 43.3 cm³/mol. The van der Waals surface area contributed by atoms with Crippen LogP contribution in [0.25, 0.3) is 0 Å². The number of rotatable bonds is 1. The van der Waals surface area contributed by atoms with Crippen LogP contribution in [0.5, 0.6) is 0 Å². The Kier molecular flexibility index (Phi) is 1.87. The zero-order valence-corrected chi connectivity index (χ0v) is 7.31. The second-order valence-corrected chi connectivity index (χ2v) is 3.61. The summed E-state index contributed by atoms with van der Waals surface area (Å²) in [5.41, 5.74) is 0.584. The van der Waals surface area contributed by atoms with Crippen LogP contribution in [0.3, 0.4) is 0 Å². The van der Waals surface area contributed by atoms with Crippen molar-refractivity contribution in [2.24, 2.45) is 0 Å². The van der Waals surface area contributed by atoms with Gasteiger partial charge in [-0.05, 0) is 0 Å². The Balaban J connectivity index is 3.00. The van der Waals surface area contributed by atoms with Gasteiger partial charge in [-0.3, -0.25) is 0 Å². The highest BCUT2D eigenvalue weighted by atomic mass is 16.7. The van der Waals surface area contributed by atoms with Gasteiger partial charge in [-0.15, -0.1) is 0 Å². The molecule has 12 heavy (non-hydrogen) atoms. The van der Waals surface area contributed by atoms with E-state index in [2.05, 4.69) is 5.10 Å². The van der Waals surface area contributed by atoms with Gasteiger partial charge in [-0.1, -0.05) is 20.8 Å². The summed E-state index contributed by atoms with van der Waals surface area (Å²) >= 11 is 0. The first-order chi connectivity index (χ1) is 5.41. The summed E-state index contributed by atoms with van der Waals surface area (Å²) in [6.45, 7) is 5.87. The maximum atomic E-state index is 10.2. The van der Waals surface area contributed by atoms with E-state index in [4.69, 9.17) is 0 Å². The molecular weight excluding hydrogens is 158 g/mol. The Morgan fingerprint density at radius 3 is 2.42 bits per heavy atom. The monoisotopic (exact) mass is 169 g/mol. The SMILES string of the molecule is CC(C)(C)c1ccn([N+](=O)[O-])n1. The van der Waals surface area contributed by atoms with Crippen molar-refractivity contribution in [3.8, 4) is 0 Å². The van der Waals surface area contributed by atoms with Crippen molar-refractivity contribution in [3.05, 3.63) is 28.1 Å². The fraction of sp³-hybridized carbons (Fsp3) is 0.571. The van der Waals surface area contributed by atoms with Gasteiger partial charge in [0.15, 0.2) is 5.69 Å². The number of aromatic nitrogens is 2. The Bertz CT molecular complexity index is 298. The Morgan fingerprint density at radius 1 is 1.58 bits per heavy atom. The third-order valence-corrected chi connectivity index (χ3v) is 1.51. The summed E-state index contributed by atoms with van der Waals surface area (Å²) in [5, 5.41) is 13.5. The number of nitro groups is 1. The van der Waals surface area contributed by atoms with Gasteiger partial charge in [0.1, 0.15) is 6.20 Å². The fourth-order valence-electron chi connectivity index (χ4n) is 0.805. The van der Waals surface area contributed by atoms with Crippen LogP contribution in [0.2, 0.25) is 0 Å². The molecule has 0 spiro atoms. The van der Waals surface area contributed by atoms with Crippen LogP contribution in [-0.4, -0.2) is 14.9 Å². The molecule has 0 aliphatic rings. The summed E-state index contributed by atoms with van der Waals surface area (Å²) < 4.78 is 0. The molecular formula is C7H11N3O2. The molecule has 5 nitrogen and oxygen atoms in total. The molecule has 0 radical (unpaired) electrons. The topological polar surface area (TPSA) is 61.0 Å². The van der Waals surface area contributed by atoms with E-state index in [1.807, 2.05) is 20.8 Å². The van der Waals surface area contributed by atoms with E-state index in [1.54, 1.807) is 6.07 Å². The molecule has 0 aliphatic heterocycles. The summed E-state index contributed by atoms with van der Waals surface area (Å²) in [7, 11) is 0. The first-order valence-electron chi connectivity index (χ1n) is 3.62. The third kappa shape index (κ3) is 1.61. The molecule has 1 heterocycles. The quantitative estimate of drug-likeness (QED) is 0.469. The highest BCUT2D eigenvalue weighted by Crippen LogP contribution is 2.19. The van der Waals surface area contributed by atoms with Gasteiger partial charge in [-0.2, -0.15) is 0 Å². The third-order valence-electron chi connectivity index (χ3n) is 1.51. The molecule has 0 amide bonds. The largest absolute Gasteiger partial charge is 0.339 e. The van der Waals surface area contributed by atoms with Crippen molar-refractivity contribution >= 4 is 0 Å². The van der Waals surface area contributed by atoms with E-state index in [0.717, 1.165) is 10.5 Å². The second-order valence-electron chi connectivity index (χ2n) is 3.61. The lowest BCUT2D eigenvalue weighted by Crippen LogP contribution is -2.15. The fourth-order valence-corrected chi connectivity index (χ4v) is 0.805. The van der Waals surface area contributed by atoms with Crippen molar-refractivity contribution in [2.75, 3.05) is 0 Å². The van der Waals surface area contributed by atoms with Gasteiger partial charge in [0.25, 0.3) is 0 Å². The minimum atomic E-state index is -0.560. The van der Waals surface area contributed by atoms with E-state index in [1.165, 1.54) is 6.20 Å². The van der Waals surface area contributed by atoms with Crippen LogP contribution in [0.15, 0.2) is 12.3 Å². The zero-order chi connectivity index (χ0) is 9.35. The minimum Gasteiger partial charge on any atom is -0.339 e. The van der Waals surface area contributed by atoms with Crippen molar-refractivity contribution in [2.45, 2.75) is 26.2 Å². The van der Waals surface area contributed by atoms with E-state index >= 15 is 0 Å². The molecule has 0 saturated carbocycles. The van der Waals surface area contributed by atoms with E-state index < -0.39 is 5.03 Å². The lowest BCUT2D eigenvalue weighted by atomic mass is 9.93. The molecule has 5 heteroatoms. The first-order valence-corrected chi connectivity index (χ1v) is 3.62. The number of hydrogen-bond donors (Lipinski definition) is 0.